The molecular formula is C28H25F2N5O5. The van der Waals surface area contributed by atoms with Gasteiger partial charge < -0.3 is 15.5 Å². The number of rotatable bonds is 9. The Balaban J connectivity index is 1.43. The van der Waals surface area contributed by atoms with Gasteiger partial charge in [0.25, 0.3) is 5.91 Å². The lowest BCUT2D eigenvalue weighted by Crippen LogP contribution is -2.33. The van der Waals surface area contributed by atoms with Gasteiger partial charge in [0.1, 0.15) is 5.69 Å². The molecule has 2 aromatic heterocycles. The fourth-order valence-corrected chi connectivity index (χ4v) is 5.26. The second-order valence-electron chi connectivity index (χ2n) is 9.63. The number of aliphatic carboxylic acids is 1. The van der Waals surface area contributed by atoms with Crippen molar-refractivity contribution in [1.82, 2.24) is 24.8 Å². The number of hydrogen-bond donors (Lipinski definition) is 3. The van der Waals surface area contributed by atoms with Crippen LogP contribution in [0.25, 0.3) is 5.65 Å². The third-order valence-electron chi connectivity index (χ3n) is 7.14. The van der Waals surface area contributed by atoms with Crippen molar-refractivity contribution in [1.29, 1.82) is 0 Å². The van der Waals surface area contributed by atoms with Crippen molar-refractivity contribution in [3.63, 3.8) is 0 Å². The largest absolute Gasteiger partial charge is 0.480 e. The molecule has 2 aromatic carbocycles. The highest BCUT2D eigenvalue weighted by molar-refractivity contribution is 5.93. The Morgan fingerprint density at radius 1 is 1.10 bits per heavy atom. The summed E-state index contributed by atoms with van der Waals surface area (Å²) in [5.41, 5.74) is 3.97. The average Bonchev–Trinajstić information content (AvgIpc) is 3.56. The molecular weight excluding hydrogens is 524 g/mol. The molecule has 0 fully saturated rings. The SMILES string of the molecule is Cc1c(C(=O)O)ccc2c1CC[C@@H]2N(CC(=O)O)Cc1cc(C(=O)NCc2ccc(F)c(F)c2)nc2ccnn12. The fraction of sp³-hybridized carbons (Fsp3) is 0.250. The zero-order valence-electron chi connectivity index (χ0n) is 21.4. The molecule has 0 spiro atoms. The lowest BCUT2D eigenvalue weighted by Gasteiger charge is -2.28. The van der Waals surface area contributed by atoms with Crippen LogP contribution in [0.5, 0.6) is 0 Å². The number of carbonyl (C=O) groups excluding carboxylic acids is 1. The van der Waals surface area contributed by atoms with Crippen molar-refractivity contribution in [3.8, 4) is 0 Å². The number of aromatic carboxylic acids is 1. The van der Waals surface area contributed by atoms with Gasteiger partial charge in [-0.3, -0.25) is 14.5 Å². The smallest absolute Gasteiger partial charge is 0.335 e. The van der Waals surface area contributed by atoms with Crippen LogP contribution in [-0.2, 0) is 24.3 Å². The van der Waals surface area contributed by atoms with E-state index >= 15 is 0 Å². The van der Waals surface area contributed by atoms with Crippen LogP contribution in [0.3, 0.4) is 0 Å². The van der Waals surface area contributed by atoms with Gasteiger partial charge in [-0.15, -0.1) is 0 Å². The van der Waals surface area contributed by atoms with Gasteiger partial charge >= 0.3 is 11.9 Å². The van der Waals surface area contributed by atoms with Crippen molar-refractivity contribution in [2.24, 2.45) is 0 Å². The number of nitrogens with one attached hydrogen (secondary N) is 1. The van der Waals surface area contributed by atoms with E-state index in [-0.39, 0.29) is 36.9 Å². The molecule has 206 valence electrons. The van der Waals surface area contributed by atoms with Crippen LogP contribution in [-0.4, -0.2) is 54.1 Å². The lowest BCUT2D eigenvalue weighted by molar-refractivity contribution is -0.139. The molecule has 0 saturated heterocycles. The normalized spacial score (nSPS) is 14.4. The van der Waals surface area contributed by atoms with Crippen LogP contribution in [0.2, 0.25) is 0 Å². The first-order valence-electron chi connectivity index (χ1n) is 12.5. The zero-order chi connectivity index (χ0) is 28.6. The highest BCUT2D eigenvalue weighted by Crippen LogP contribution is 2.39. The summed E-state index contributed by atoms with van der Waals surface area (Å²) in [6.07, 6.45) is 2.72. The molecule has 2 heterocycles. The second kappa shape index (κ2) is 10.8. The van der Waals surface area contributed by atoms with Gasteiger partial charge in [-0.25, -0.2) is 23.1 Å². The molecule has 1 aliphatic rings. The van der Waals surface area contributed by atoms with Gasteiger partial charge in [0.05, 0.1) is 24.0 Å². The van der Waals surface area contributed by atoms with Crippen LogP contribution in [0.15, 0.2) is 48.7 Å². The molecule has 5 rings (SSSR count). The third-order valence-corrected chi connectivity index (χ3v) is 7.14. The Morgan fingerprint density at radius 2 is 1.90 bits per heavy atom. The molecule has 0 aliphatic heterocycles. The van der Waals surface area contributed by atoms with Crippen molar-refractivity contribution >= 4 is 23.5 Å². The standard InChI is InChI=1S/C28H25F2N5O5/c1-15-18-5-7-24(20(18)4-3-19(15)28(39)40)34(14-26(36)37)13-17-11-23(33-25-8-9-32-35(17)25)27(38)31-12-16-2-6-21(29)22(30)10-16/h2-4,6,8-11,24H,5,7,12-14H2,1H3,(H,31,38)(H,36,37)(H,39,40)/t24-/m0/s1. The maximum absolute atomic E-state index is 13.5. The molecule has 0 saturated carbocycles. The van der Waals surface area contributed by atoms with E-state index in [1.807, 2.05) is 0 Å². The molecule has 0 bridgehead atoms. The summed E-state index contributed by atoms with van der Waals surface area (Å²) in [5, 5.41) is 26.1. The Morgan fingerprint density at radius 3 is 2.62 bits per heavy atom. The number of aromatic nitrogens is 3. The summed E-state index contributed by atoms with van der Waals surface area (Å²) in [7, 11) is 0. The first-order valence-corrected chi connectivity index (χ1v) is 12.5. The summed E-state index contributed by atoms with van der Waals surface area (Å²) >= 11 is 0. The van der Waals surface area contributed by atoms with E-state index in [0.29, 0.717) is 35.3 Å². The van der Waals surface area contributed by atoms with Gasteiger partial charge in [0.2, 0.25) is 0 Å². The molecule has 4 aromatic rings. The van der Waals surface area contributed by atoms with Crippen molar-refractivity contribution in [2.75, 3.05) is 6.54 Å². The summed E-state index contributed by atoms with van der Waals surface area (Å²) in [6, 6.07) is 9.46. The van der Waals surface area contributed by atoms with Crippen molar-refractivity contribution < 1.29 is 33.4 Å². The van der Waals surface area contributed by atoms with E-state index in [1.54, 1.807) is 30.0 Å². The predicted octanol–water partition coefficient (Wildman–Crippen LogP) is 3.52. The number of fused-ring (bicyclic) bond motifs is 2. The molecule has 12 heteroatoms. The number of amides is 1. The van der Waals surface area contributed by atoms with E-state index in [9.17, 15) is 33.4 Å². The quantitative estimate of drug-likeness (QED) is 0.289. The fourth-order valence-electron chi connectivity index (χ4n) is 5.26. The minimum absolute atomic E-state index is 0.0506. The van der Waals surface area contributed by atoms with Gasteiger partial charge in [-0.2, -0.15) is 5.10 Å². The van der Waals surface area contributed by atoms with Crippen molar-refractivity contribution in [3.05, 3.63) is 99.5 Å². The number of benzene rings is 2. The number of carboxylic acids is 2. The number of hydrogen-bond acceptors (Lipinski definition) is 6. The van der Waals surface area contributed by atoms with Crippen LogP contribution in [0.1, 0.15) is 61.3 Å². The van der Waals surface area contributed by atoms with Gasteiger partial charge in [0.15, 0.2) is 17.3 Å². The average molecular weight is 550 g/mol. The molecule has 40 heavy (non-hydrogen) atoms. The molecule has 1 aliphatic carbocycles. The third kappa shape index (κ3) is 5.25. The van der Waals surface area contributed by atoms with Crippen LogP contribution < -0.4 is 5.32 Å². The minimum atomic E-state index is -1.04. The molecule has 0 unspecified atom stereocenters. The molecule has 3 N–H and O–H groups in total. The van der Waals surface area contributed by atoms with E-state index in [1.165, 1.54) is 22.8 Å². The molecule has 10 nitrogen and oxygen atoms in total. The Bertz CT molecular complexity index is 1650. The first kappa shape index (κ1) is 26.9. The summed E-state index contributed by atoms with van der Waals surface area (Å²) in [5.74, 6) is -4.61. The van der Waals surface area contributed by atoms with Gasteiger partial charge in [-0.05, 0) is 66.3 Å². The summed E-state index contributed by atoms with van der Waals surface area (Å²) < 4.78 is 28.3. The van der Waals surface area contributed by atoms with Gasteiger partial charge in [-0.1, -0.05) is 12.1 Å². The van der Waals surface area contributed by atoms with E-state index in [2.05, 4.69) is 15.4 Å². The molecule has 1 atom stereocenters. The van der Waals surface area contributed by atoms with E-state index in [0.717, 1.165) is 23.3 Å². The monoisotopic (exact) mass is 549 g/mol. The highest BCUT2D eigenvalue weighted by atomic mass is 19.2. The van der Waals surface area contributed by atoms with Crippen LogP contribution >= 0.6 is 0 Å². The Kier molecular flexibility index (Phi) is 7.26. The number of nitrogens with zero attached hydrogens (tertiary/aromatic N) is 4. The van der Waals surface area contributed by atoms with Gasteiger partial charge in [0, 0.05) is 25.2 Å². The first-order chi connectivity index (χ1) is 19.1. The zero-order valence-corrected chi connectivity index (χ0v) is 21.4. The summed E-state index contributed by atoms with van der Waals surface area (Å²) in [6.45, 7) is 1.51. The van der Waals surface area contributed by atoms with E-state index in [4.69, 9.17) is 0 Å². The lowest BCUT2D eigenvalue weighted by atomic mass is 9.97. The maximum atomic E-state index is 13.5. The van der Waals surface area contributed by atoms with Crippen LogP contribution in [0.4, 0.5) is 8.78 Å². The second-order valence-corrected chi connectivity index (χ2v) is 9.63. The summed E-state index contributed by atoms with van der Waals surface area (Å²) in [4.78, 5) is 42.5. The Hall–Kier alpha value is -4.71. The maximum Gasteiger partial charge on any atom is 0.335 e. The highest BCUT2D eigenvalue weighted by Gasteiger charge is 2.32. The molecule has 1 amide bonds. The number of carbonyl (C=O) groups is 3. The molecule has 0 radical (unpaired) electrons. The topological polar surface area (TPSA) is 137 Å². The van der Waals surface area contributed by atoms with Crippen LogP contribution in [0, 0.1) is 18.6 Å². The predicted molar refractivity (Wildman–Crippen MR) is 138 cm³/mol. The van der Waals surface area contributed by atoms with Crippen molar-refractivity contribution in [2.45, 2.75) is 38.9 Å². The number of carboxylic acid groups (broad SMARTS) is 2. The minimum Gasteiger partial charge on any atom is -0.480 e. The Labute approximate surface area is 226 Å². The number of halogens is 2. The van der Waals surface area contributed by atoms with E-state index < -0.39 is 29.5 Å².